The van der Waals surface area contributed by atoms with Gasteiger partial charge in [0.25, 0.3) is 0 Å². The van der Waals surface area contributed by atoms with Gasteiger partial charge in [0.1, 0.15) is 0 Å². The number of hydrogen-bond acceptors (Lipinski definition) is 6. The average Bonchev–Trinajstić information content (AvgIpc) is 2.37. The topological polar surface area (TPSA) is 98.8 Å². The highest BCUT2D eigenvalue weighted by molar-refractivity contribution is 7.90. The molecule has 0 aromatic rings. The average molecular weight is 307 g/mol. The molecule has 1 N–H and O–H groups in total. The second-order valence-electron chi connectivity index (χ2n) is 4.75. The fraction of sp³-hybridized carbons (Fsp3) is 0.833. The van der Waals surface area contributed by atoms with E-state index in [9.17, 15) is 18.0 Å². The molecular formula is C12H21NO6S. The van der Waals surface area contributed by atoms with Crippen LogP contribution in [0.3, 0.4) is 0 Å². The van der Waals surface area contributed by atoms with Gasteiger partial charge < -0.3 is 9.47 Å². The summed E-state index contributed by atoms with van der Waals surface area (Å²) in [6, 6.07) is -0.240. The molecule has 1 saturated carbocycles. The maximum Gasteiger partial charge on any atom is 0.322 e. The summed E-state index contributed by atoms with van der Waals surface area (Å²) in [7, 11) is -2.34. The van der Waals surface area contributed by atoms with Gasteiger partial charge in [0, 0.05) is 6.04 Å². The molecule has 0 amide bonds. The third kappa shape index (κ3) is 5.46. The first-order chi connectivity index (χ1) is 9.38. The lowest BCUT2D eigenvalue weighted by Gasteiger charge is -2.27. The van der Waals surface area contributed by atoms with Crippen LogP contribution < -0.4 is 4.72 Å². The molecule has 0 saturated heterocycles. The molecule has 1 rings (SSSR count). The molecule has 0 heterocycles. The number of nitrogens with one attached hydrogen (secondary N) is 1. The predicted molar refractivity (Wildman–Crippen MR) is 71.3 cm³/mol. The Morgan fingerprint density at radius 2 is 1.80 bits per heavy atom. The van der Waals surface area contributed by atoms with Crippen molar-refractivity contribution in [2.24, 2.45) is 5.92 Å². The minimum absolute atomic E-state index is 0.151. The van der Waals surface area contributed by atoms with Gasteiger partial charge in [-0.25, -0.2) is 13.1 Å². The molecule has 7 nitrogen and oxygen atoms in total. The lowest BCUT2D eigenvalue weighted by molar-refractivity contribution is -0.146. The van der Waals surface area contributed by atoms with Gasteiger partial charge in [-0.1, -0.05) is 0 Å². The molecule has 0 aromatic heterocycles. The largest absolute Gasteiger partial charge is 0.469 e. The molecule has 1 aliphatic carbocycles. The van der Waals surface area contributed by atoms with Gasteiger partial charge in [-0.15, -0.1) is 0 Å². The molecule has 8 heteroatoms. The Morgan fingerprint density at radius 1 is 1.20 bits per heavy atom. The summed E-state index contributed by atoms with van der Waals surface area (Å²) in [4.78, 5) is 22.5. The minimum atomic E-state index is -3.69. The zero-order valence-electron chi connectivity index (χ0n) is 11.8. The van der Waals surface area contributed by atoms with E-state index in [1.165, 1.54) is 7.11 Å². The molecule has 0 radical (unpaired) electrons. The van der Waals surface area contributed by atoms with Crippen molar-refractivity contribution in [1.29, 1.82) is 0 Å². The number of rotatable bonds is 6. The molecule has 0 spiro atoms. The first-order valence-electron chi connectivity index (χ1n) is 6.61. The Balaban J connectivity index is 2.43. The van der Waals surface area contributed by atoms with Crippen LogP contribution in [-0.2, 0) is 29.1 Å². The summed E-state index contributed by atoms with van der Waals surface area (Å²) in [6.07, 6.45) is 2.28. The Kier molecular flexibility index (Phi) is 6.41. The van der Waals surface area contributed by atoms with Crippen molar-refractivity contribution in [3.05, 3.63) is 0 Å². The standard InChI is InChI=1S/C12H21NO6S/c1-3-19-11(14)8-20(16,17)13-10-6-4-9(5-7-10)12(15)18-2/h9-10,13H,3-8H2,1-2H3. The number of esters is 2. The Morgan fingerprint density at radius 3 is 2.30 bits per heavy atom. The van der Waals surface area contributed by atoms with E-state index >= 15 is 0 Å². The highest BCUT2D eigenvalue weighted by Gasteiger charge is 2.29. The monoisotopic (exact) mass is 307 g/mol. The van der Waals surface area contributed by atoms with Crippen LogP contribution in [0.5, 0.6) is 0 Å². The fourth-order valence-electron chi connectivity index (χ4n) is 2.27. The van der Waals surface area contributed by atoms with E-state index in [-0.39, 0.29) is 24.5 Å². The van der Waals surface area contributed by atoms with Gasteiger partial charge in [-0.05, 0) is 32.6 Å². The molecular weight excluding hydrogens is 286 g/mol. The lowest BCUT2D eigenvalue weighted by atomic mass is 9.86. The number of hydrogen-bond donors (Lipinski definition) is 1. The maximum atomic E-state index is 11.8. The van der Waals surface area contributed by atoms with E-state index in [4.69, 9.17) is 0 Å². The number of methoxy groups -OCH3 is 1. The predicted octanol–water partition coefficient (Wildman–Crippen LogP) is 0.201. The molecule has 0 unspecified atom stereocenters. The van der Waals surface area contributed by atoms with Crippen LogP contribution in [0.2, 0.25) is 0 Å². The van der Waals surface area contributed by atoms with Gasteiger partial charge in [0.15, 0.2) is 5.75 Å². The van der Waals surface area contributed by atoms with Crippen LogP contribution in [0, 0.1) is 5.92 Å². The zero-order chi connectivity index (χ0) is 15.2. The first kappa shape index (κ1) is 16.9. The van der Waals surface area contributed by atoms with Crippen LogP contribution in [0.4, 0.5) is 0 Å². The third-order valence-corrected chi connectivity index (χ3v) is 4.53. The SMILES string of the molecule is CCOC(=O)CS(=O)(=O)NC1CCC(C(=O)OC)CC1. The van der Waals surface area contributed by atoms with Crippen LogP contribution in [-0.4, -0.2) is 45.9 Å². The second-order valence-corrected chi connectivity index (χ2v) is 6.51. The normalized spacial score (nSPS) is 23.1. The summed E-state index contributed by atoms with van der Waals surface area (Å²) < 4.78 is 35.3. The number of carbonyl (C=O) groups is 2. The molecule has 0 aromatic carbocycles. The van der Waals surface area contributed by atoms with Crippen LogP contribution in [0.25, 0.3) is 0 Å². The Hall–Kier alpha value is -1.15. The van der Waals surface area contributed by atoms with Crippen LogP contribution in [0.15, 0.2) is 0 Å². The van der Waals surface area contributed by atoms with Crippen molar-refractivity contribution < 1.29 is 27.5 Å². The first-order valence-corrected chi connectivity index (χ1v) is 8.26. The van der Waals surface area contributed by atoms with Gasteiger partial charge in [-0.3, -0.25) is 9.59 Å². The second kappa shape index (κ2) is 7.58. The molecule has 20 heavy (non-hydrogen) atoms. The van der Waals surface area contributed by atoms with Gasteiger partial charge in [0.2, 0.25) is 10.0 Å². The summed E-state index contributed by atoms with van der Waals surface area (Å²) in [5.74, 6) is -1.84. The Labute approximate surface area is 119 Å². The summed E-state index contributed by atoms with van der Waals surface area (Å²) in [6.45, 7) is 1.77. The lowest BCUT2D eigenvalue weighted by Crippen LogP contribution is -2.41. The van der Waals surface area contributed by atoms with E-state index in [1.54, 1.807) is 6.92 Å². The molecule has 0 atom stereocenters. The molecule has 0 bridgehead atoms. The van der Waals surface area contributed by atoms with E-state index < -0.39 is 21.7 Å². The van der Waals surface area contributed by atoms with E-state index in [0.717, 1.165) is 0 Å². The van der Waals surface area contributed by atoms with Crippen molar-refractivity contribution >= 4 is 22.0 Å². The van der Waals surface area contributed by atoms with Crippen molar-refractivity contribution in [1.82, 2.24) is 4.72 Å². The van der Waals surface area contributed by atoms with Gasteiger partial charge >= 0.3 is 11.9 Å². The van der Waals surface area contributed by atoms with E-state index in [1.807, 2.05) is 0 Å². The van der Waals surface area contributed by atoms with Crippen molar-refractivity contribution in [2.75, 3.05) is 19.5 Å². The highest BCUT2D eigenvalue weighted by Crippen LogP contribution is 2.25. The van der Waals surface area contributed by atoms with Crippen molar-refractivity contribution in [3.63, 3.8) is 0 Å². The highest BCUT2D eigenvalue weighted by atomic mass is 32.2. The molecule has 116 valence electrons. The van der Waals surface area contributed by atoms with Crippen molar-refractivity contribution in [2.45, 2.75) is 38.6 Å². The quantitative estimate of drug-likeness (QED) is 0.704. The minimum Gasteiger partial charge on any atom is -0.469 e. The summed E-state index contributed by atoms with van der Waals surface area (Å²) in [5, 5.41) is 0. The number of ether oxygens (including phenoxy) is 2. The number of carbonyl (C=O) groups excluding carboxylic acids is 2. The van der Waals surface area contributed by atoms with Crippen LogP contribution >= 0.6 is 0 Å². The molecule has 0 aliphatic heterocycles. The van der Waals surface area contributed by atoms with Crippen LogP contribution in [0.1, 0.15) is 32.6 Å². The maximum absolute atomic E-state index is 11.8. The number of sulfonamides is 1. The van der Waals surface area contributed by atoms with Gasteiger partial charge in [0.05, 0.1) is 19.6 Å². The fourth-order valence-corrected chi connectivity index (χ4v) is 3.49. The third-order valence-electron chi connectivity index (χ3n) is 3.22. The van der Waals surface area contributed by atoms with Gasteiger partial charge in [-0.2, -0.15) is 0 Å². The summed E-state index contributed by atoms with van der Waals surface area (Å²) >= 11 is 0. The molecule has 1 aliphatic rings. The Bertz CT molecular complexity index is 439. The van der Waals surface area contributed by atoms with E-state index in [2.05, 4.69) is 14.2 Å². The van der Waals surface area contributed by atoms with Crippen molar-refractivity contribution in [3.8, 4) is 0 Å². The zero-order valence-corrected chi connectivity index (χ0v) is 12.6. The summed E-state index contributed by atoms with van der Waals surface area (Å²) in [5.41, 5.74) is 0. The van der Waals surface area contributed by atoms with E-state index in [0.29, 0.717) is 25.7 Å². The smallest absolute Gasteiger partial charge is 0.322 e. The molecule has 1 fully saturated rings.